The number of nitrogens with two attached hydrogens (primary N) is 1. The minimum absolute atomic E-state index is 0.161. The number of rotatable bonds is 4. The van der Waals surface area contributed by atoms with Crippen LogP contribution < -0.4 is 10.5 Å². The van der Waals surface area contributed by atoms with Gasteiger partial charge in [0.25, 0.3) is 0 Å². The van der Waals surface area contributed by atoms with Crippen LogP contribution in [0.25, 0.3) is 0 Å². The largest absolute Gasteiger partial charge is 0.385 e. The Morgan fingerprint density at radius 2 is 1.94 bits per heavy atom. The number of primary sulfonamides is 1. The molecule has 0 fully saturated rings. The Balaban J connectivity index is 3.22. The van der Waals surface area contributed by atoms with E-state index in [9.17, 15) is 8.42 Å². The molecule has 0 aromatic heterocycles. The molecule has 4 nitrogen and oxygen atoms in total. The van der Waals surface area contributed by atoms with Crippen LogP contribution in [-0.4, -0.2) is 15.0 Å². The van der Waals surface area contributed by atoms with Gasteiger partial charge in [-0.05, 0) is 43.5 Å². The number of hydrogen-bond donors (Lipinski definition) is 2. The van der Waals surface area contributed by atoms with Crippen LogP contribution in [0.3, 0.4) is 0 Å². The number of nitrogens with one attached hydrogen (secondary N) is 1. The predicted octanol–water partition coefficient (Wildman–Crippen LogP) is 1.77. The summed E-state index contributed by atoms with van der Waals surface area (Å²) in [7, 11) is -3.63. The Bertz CT molecular complexity index is 481. The molecule has 0 heterocycles. The standard InChI is InChI=1S/C11H18N2O2S/c1-4-5-13-11-7-10(16(12,14)15)6-8(2)9(11)3/h6-7,13H,4-5H2,1-3H3,(H2,12,14,15). The summed E-state index contributed by atoms with van der Waals surface area (Å²) in [5, 5.41) is 8.31. The number of sulfonamides is 1. The van der Waals surface area contributed by atoms with E-state index in [1.165, 1.54) is 0 Å². The van der Waals surface area contributed by atoms with E-state index < -0.39 is 10.0 Å². The van der Waals surface area contributed by atoms with Gasteiger partial charge in [0.15, 0.2) is 0 Å². The smallest absolute Gasteiger partial charge is 0.238 e. The van der Waals surface area contributed by atoms with Crippen LogP contribution >= 0.6 is 0 Å². The first kappa shape index (κ1) is 13.0. The number of anilines is 1. The Labute approximate surface area is 96.9 Å². The molecular formula is C11H18N2O2S. The van der Waals surface area contributed by atoms with E-state index in [0.29, 0.717) is 0 Å². The third kappa shape index (κ3) is 2.96. The summed E-state index contributed by atoms with van der Waals surface area (Å²) in [6.07, 6.45) is 0.984. The van der Waals surface area contributed by atoms with Gasteiger partial charge in [-0.1, -0.05) is 6.92 Å². The van der Waals surface area contributed by atoms with E-state index in [-0.39, 0.29) is 4.90 Å². The van der Waals surface area contributed by atoms with Crippen LogP contribution in [0.15, 0.2) is 17.0 Å². The molecule has 0 aliphatic rings. The van der Waals surface area contributed by atoms with E-state index in [4.69, 9.17) is 5.14 Å². The summed E-state index contributed by atoms with van der Waals surface area (Å²) < 4.78 is 22.5. The van der Waals surface area contributed by atoms with Crippen molar-refractivity contribution in [1.29, 1.82) is 0 Å². The van der Waals surface area contributed by atoms with Crippen molar-refractivity contribution in [2.24, 2.45) is 5.14 Å². The zero-order valence-electron chi connectivity index (χ0n) is 9.87. The zero-order valence-corrected chi connectivity index (χ0v) is 10.7. The third-order valence-corrected chi connectivity index (χ3v) is 3.43. The van der Waals surface area contributed by atoms with Crippen LogP contribution in [-0.2, 0) is 10.0 Å². The lowest BCUT2D eigenvalue weighted by molar-refractivity contribution is 0.597. The van der Waals surface area contributed by atoms with Gasteiger partial charge in [0.1, 0.15) is 0 Å². The first-order chi connectivity index (χ1) is 7.36. The molecule has 0 radical (unpaired) electrons. The van der Waals surface area contributed by atoms with Crippen molar-refractivity contribution < 1.29 is 8.42 Å². The Kier molecular flexibility index (Phi) is 3.93. The SMILES string of the molecule is CCCNc1cc(S(N)(=O)=O)cc(C)c1C. The van der Waals surface area contributed by atoms with Gasteiger partial charge in [0.05, 0.1) is 4.90 Å². The molecule has 0 bridgehead atoms. The Morgan fingerprint density at radius 3 is 2.44 bits per heavy atom. The average Bonchev–Trinajstić information content (AvgIpc) is 2.18. The summed E-state index contributed by atoms with van der Waals surface area (Å²) in [4.78, 5) is 0.161. The molecule has 0 aliphatic heterocycles. The average molecular weight is 242 g/mol. The number of benzene rings is 1. The van der Waals surface area contributed by atoms with E-state index in [2.05, 4.69) is 12.2 Å². The van der Waals surface area contributed by atoms with Crippen molar-refractivity contribution in [3.8, 4) is 0 Å². The monoisotopic (exact) mass is 242 g/mol. The lowest BCUT2D eigenvalue weighted by atomic mass is 10.1. The molecular weight excluding hydrogens is 224 g/mol. The fraction of sp³-hybridized carbons (Fsp3) is 0.455. The van der Waals surface area contributed by atoms with Crippen LogP contribution in [0.2, 0.25) is 0 Å². The summed E-state index contributed by atoms with van der Waals surface area (Å²) >= 11 is 0. The first-order valence-electron chi connectivity index (χ1n) is 5.24. The topological polar surface area (TPSA) is 72.2 Å². The third-order valence-electron chi connectivity index (χ3n) is 2.53. The maximum atomic E-state index is 11.3. The van der Waals surface area contributed by atoms with Crippen molar-refractivity contribution in [3.05, 3.63) is 23.3 Å². The highest BCUT2D eigenvalue weighted by atomic mass is 32.2. The highest BCUT2D eigenvalue weighted by Gasteiger charge is 2.11. The minimum Gasteiger partial charge on any atom is -0.385 e. The quantitative estimate of drug-likeness (QED) is 0.845. The summed E-state index contributed by atoms with van der Waals surface area (Å²) in [6.45, 7) is 6.70. The molecule has 3 N–H and O–H groups in total. The molecule has 1 aromatic rings. The van der Waals surface area contributed by atoms with Crippen LogP contribution in [0.1, 0.15) is 24.5 Å². The summed E-state index contributed by atoms with van der Waals surface area (Å²) in [6, 6.07) is 3.19. The van der Waals surface area contributed by atoms with Crippen molar-refractivity contribution in [1.82, 2.24) is 0 Å². The van der Waals surface area contributed by atoms with E-state index in [0.717, 1.165) is 29.8 Å². The van der Waals surface area contributed by atoms with Crippen LogP contribution in [0.5, 0.6) is 0 Å². The van der Waals surface area contributed by atoms with Gasteiger partial charge in [-0.2, -0.15) is 0 Å². The Morgan fingerprint density at radius 1 is 1.31 bits per heavy atom. The van der Waals surface area contributed by atoms with Crippen molar-refractivity contribution in [3.63, 3.8) is 0 Å². The van der Waals surface area contributed by atoms with Gasteiger partial charge in [-0.25, -0.2) is 13.6 Å². The number of aryl methyl sites for hydroxylation is 1. The van der Waals surface area contributed by atoms with Gasteiger partial charge < -0.3 is 5.32 Å². The van der Waals surface area contributed by atoms with Gasteiger partial charge in [-0.3, -0.25) is 0 Å². The summed E-state index contributed by atoms with van der Waals surface area (Å²) in [5.74, 6) is 0. The highest BCUT2D eigenvalue weighted by molar-refractivity contribution is 7.89. The van der Waals surface area contributed by atoms with Crippen molar-refractivity contribution >= 4 is 15.7 Å². The lowest BCUT2D eigenvalue weighted by Crippen LogP contribution is -2.13. The zero-order chi connectivity index (χ0) is 12.3. The molecule has 0 aliphatic carbocycles. The van der Waals surface area contributed by atoms with E-state index in [1.54, 1.807) is 12.1 Å². The van der Waals surface area contributed by atoms with Gasteiger partial charge in [0, 0.05) is 12.2 Å². The molecule has 0 spiro atoms. The molecule has 1 rings (SSSR count). The molecule has 5 heteroatoms. The maximum absolute atomic E-state index is 11.3. The second-order valence-corrected chi connectivity index (χ2v) is 5.45. The van der Waals surface area contributed by atoms with Gasteiger partial charge >= 0.3 is 0 Å². The van der Waals surface area contributed by atoms with E-state index in [1.807, 2.05) is 13.8 Å². The lowest BCUT2D eigenvalue weighted by Gasteiger charge is -2.12. The van der Waals surface area contributed by atoms with Gasteiger partial charge in [-0.15, -0.1) is 0 Å². The molecule has 16 heavy (non-hydrogen) atoms. The van der Waals surface area contributed by atoms with Crippen molar-refractivity contribution in [2.75, 3.05) is 11.9 Å². The molecule has 0 amide bonds. The fourth-order valence-corrected chi connectivity index (χ4v) is 2.06. The normalized spacial score (nSPS) is 11.5. The second-order valence-electron chi connectivity index (χ2n) is 3.88. The number of hydrogen-bond acceptors (Lipinski definition) is 3. The van der Waals surface area contributed by atoms with Crippen molar-refractivity contribution in [2.45, 2.75) is 32.1 Å². The first-order valence-corrected chi connectivity index (χ1v) is 6.78. The summed E-state index contributed by atoms with van der Waals surface area (Å²) in [5.41, 5.74) is 2.82. The maximum Gasteiger partial charge on any atom is 0.238 e. The Hall–Kier alpha value is -1.07. The molecule has 0 unspecified atom stereocenters. The highest BCUT2D eigenvalue weighted by Crippen LogP contribution is 2.23. The molecule has 1 aromatic carbocycles. The minimum atomic E-state index is -3.63. The molecule has 0 saturated heterocycles. The molecule has 90 valence electrons. The fourth-order valence-electron chi connectivity index (χ4n) is 1.43. The van der Waals surface area contributed by atoms with Crippen LogP contribution in [0.4, 0.5) is 5.69 Å². The predicted molar refractivity (Wildman–Crippen MR) is 66.1 cm³/mol. The van der Waals surface area contributed by atoms with Gasteiger partial charge in [0.2, 0.25) is 10.0 Å². The van der Waals surface area contributed by atoms with Crippen LogP contribution in [0, 0.1) is 13.8 Å². The molecule has 0 atom stereocenters. The second kappa shape index (κ2) is 4.84. The van der Waals surface area contributed by atoms with E-state index >= 15 is 0 Å². The molecule has 0 saturated carbocycles.